The van der Waals surface area contributed by atoms with Crippen LogP contribution < -0.4 is 0 Å². The largest absolute Gasteiger partial charge is 0.456 e. The summed E-state index contributed by atoms with van der Waals surface area (Å²) in [5.74, 6) is 0.199. The molecule has 1 saturated heterocycles. The third-order valence-corrected chi connectivity index (χ3v) is 5.80. The van der Waals surface area contributed by atoms with Crippen molar-refractivity contribution in [1.82, 2.24) is 4.90 Å². The minimum atomic E-state index is -0.466. The molecule has 31 heavy (non-hydrogen) atoms. The van der Waals surface area contributed by atoms with E-state index in [9.17, 15) is 19.7 Å². The van der Waals surface area contributed by atoms with E-state index in [1.807, 2.05) is 0 Å². The van der Waals surface area contributed by atoms with Crippen LogP contribution in [0.1, 0.15) is 16.9 Å². The van der Waals surface area contributed by atoms with Gasteiger partial charge in [0.15, 0.2) is 0 Å². The average Bonchev–Trinajstić information content (AvgIpc) is 3.29. The van der Waals surface area contributed by atoms with Crippen LogP contribution in [0.3, 0.4) is 0 Å². The molecular weight excluding hydrogens is 440 g/mol. The van der Waals surface area contributed by atoms with Gasteiger partial charge in [-0.05, 0) is 60.1 Å². The van der Waals surface area contributed by atoms with Crippen molar-refractivity contribution in [3.05, 3.63) is 91.5 Å². The zero-order valence-electron chi connectivity index (χ0n) is 16.2. The van der Waals surface area contributed by atoms with Gasteiger partial charge in [-0.25, -0.2) is 0 Å². The fourth-order valence-corrected chi connectivity index (χ4v) is 4.06. The summed E-state index contributed by atoms with van der Waals surface area (Å²) < 4.78 is 5.72. The highest BCUT2D eigenvalue weighted by Gasteiger charge is 2.35. The maximum atomic E-state index is 12.7. The second kappa shape index (κ2) is 8.41. The van der Waals surface area contributed by atoms with E-state index in [0.29, 0.717) is 22.1 Å². The molecule has 0 spiro atoms. The molecule has 2 amide bonds. The molecule has 0 radical (unpaired) electrons. The predicted molar refractivity (Wildman–Crippen MR) is 119 cm³/mol. The number of imide groups is 1. The van der Waals surface area contributed by atoms with Crippen LogP contribution in [0.2, 0.25) is 5.02 Å². The van der Waals surface area contributed by atoms with Crippen LogP contribution in [0.4, 0.5) is 10.5 Å². The summed E-state index contributed by atoms with van der Waals surface area (Å²) in [6, 6.07) is 14.9. The molecule has 2 heterocycles. The van der Waals surface area contributed by atoms with Crippen molar-refractivity contribution in [3.8, 4) is 11.3 Å². The van der Waals surface area contributed by atoms with Crippen LogP contribution in [-0.4, -0.2) is 21.0 Å². The number of furan rings is 1. The minimum Gasteiger partial charge on any atom is -0.456 e. The highest BCUT2D eigenvalue weighted by atomic mass is 35.5. The molecule has 1 aliphatic heterocycles. The lowest BCUT2D eigenvalue weighted by Gasteiger charge is -2.12. The third kappa shape index (κ3) is 4.40. The quantitative estimate of drug-likeness (QED) is 0.264. The molecule has 0 unspecified atom stereocenters. The van der Waals surface area contributed by atoms with Crippen LogP contribution in [0, 0.1) is 17.0 Å². The summed E-state index contributed by atoms with van der Waals surface area (Å²) in [4.78, 5) is 37.3. The Morgan fingerprint density at radius 3 is 2.58 bits per heavy atom. The fourth-order valence-electron chi connectivity index (χ4n) is 3.11. The van der Waals surface area contributed by atoms with Crippen molar-refractivity contribution < 1.29 is 18.9 Å². The normalized spacial score (nSPS) is 15.2. The van der Waals surface area contributed by atoms with Crippen LogP contribution in [-0.2, 0) is 11.3 Å². The summed E-state index contributed by atoms with van der Waals surface area (Å²) >= 11 is 6.69. The predicted octanol–water partition coefficient (Wildman–Crippen LogP) is 6.05. The molecule has 1 fully saturated rings. The lowest BCUT2D eigenvalue weighted by atomic mass is 10.1. The second-order valence-electron chi connectivity index (χ2n) is 6.87. The van der Waals surface area contributed by atoms with Gasteiger partial charge in [0, 0.05) is 17.2 Å². The Kier molecular flexibility index (Phi) is 5.67. The van der Waals surface area contributed by atoms with Gasteiger partial charge >= 0.3 is 0 Å². The number of benzene rings is 2. The van der Waals surface area contributed by atoms with E-state index in [2.05, 4.69) is 0 Å². The zero-order chi connectivity index (χ0) is 22.1. The lowest BCUT2D eigenvalue weighted by molar-refractivity contribution is -0.384. The molecule has 4 rings (SSSR count). The van der Waals surface area contributed by atoms with Gasteiger partial charge in [-0.1, -0.05) is 29.8 Å². The number of carbonyl (C=O) groups excluding carboxylic acids is 2. The van der Waals surface area contributed by atoms with E-state index in [1.165, 1.54) is 12.1 Å². The van der Waals surface area contributed by atoms with E-state index in [0.717, 1.165) is 27.8 Å². The summed E-state index contributed by atoms with van der Waals surface area (Å²) in [7, 11) is 0. The van der Waals surface area contributed by atoms with Gasteiger partial charge in [-0.2, -0.15) is 0 Å². The average molecular weight is 455 g/mol. The summed E-state index contributed by atoms with van der Waals surface area (Å²) in [6.45, 7) is 1.91. The SMILES string of the molecule is Cc1ccc(-c2ccc(/C=C3/SC(=O)N(Cc4ccc(Cl)cc4)C3=O)o2)c([N+](=O)[O-])c1. The molecule has 9 heteroatoms. The van der Waals surface area contributed by atoms with Crippen LogP contribution >= 0.6 is 23.4 Å². The number of nitro benzene ring substituents is 1. The van der Waals surface area contributed by atoms with E-state index < -0.39 is 10.8 Å². The Labute approximate surface area is 186 Å². The van der Waals surface area contributed by atoms with E-state index in [4.69, 9.17) is 16.0 Å². The Morgan fingerprint density at radius 2 is 1.87 bits per heavy atom. The number of hydrogen-bond acceptors (Lipinski definition) is 6. The topological polar surface area (TPSA) is 93.7 Å². The molecular formula is C22H15ClN2O5S. The minimum absolute atomic E-state index is 0.0656. The Hall–Kier alpha value is -3.36. The first kappa shape index (κ1) is 20.9. The van der Waals surface area contributed by atoms with Crippen molar-refractivity contribution >= 4 is 46.3 Å². The first-order chi connectivity index (χ1) is 14.8. The van der Waals surface area contributed by atoms with Crippen molar-refractivity contribution in [3.63, 3.8) is 0 Å². The molecule has 3 aromatic rings. The number of nitro groups is 1. The molecule has 2 aromatic carbocycles. The van der Waals surface area contributed by atoms with Crippen LogP contribution in [0.25, 0.3) is 17.4 Å². The van der Waals surface area contributed by atoms with Gasteiger partial charge in [0.2, 0.25) is 0 Å². The van der Waals surface area contributed by atoms with Gasteiger partial charge < -0.3 is 4.42 Å². The van der Waals surface area contributed by atoms with Crippen molar-refractivity contribution in [2.45, 2.75) is 13.5 Å². The standard InChI is InChI=1S/C22H15ClN2O5S/c1-13-2-8-17(18(10-13)25(28)29)19-9-7-16(30-19)11-20-21(26)24(22(27)31-20)12-14-3-5-15(23)6-4-14/h2-11H,12H2,1H3/b20-11+. The van der Waals surface area contributed by atoms with Gasteiger partial charge in [-0.15, -0.1) is 0 Å². The molecule has 0 bridgehead atoms. The number of amides is 2. The molecule has 1 aromatic heterocycles. The summed E-state index contributed by atoms with van der Waals surface area (Å²) in [6.07, 6.45) is 1.47. The number of rotatable bonds is 5. The monoisotopic (exact) mass is 454 g/mol. The molecule has 156 valence electrons. The Balaban J connectivity index is 1.57. The Bertz CT molecular complexity index is 1230. The van der Waals surface area contributed by atoms with Crippen molar-refractivity contribution in [2.24, 2.45) is 0 Å². The molecule has 0 aliphatic carbocycles. The Morgan fingerprint density at radius 1 is 1.13 bits per heavy atom. The van der Waals surface area contributed by atoms with E-state index in [1.54, 1.807) is 55.5 Å². The number of aryl methyl sites for hydroxylation is 1. The highest BCUT2D eigenvalue weighted by molar-refractivity contribution is 8.18. The molecule has 0 atom stereocenters. The number of thioether (sulfide) groups is 1. The molecule has 1 aliphatic rings. The van der Waals surface area contributed by atoms with E-state index in [-0.39, 0.29) is 22.4 Å². The number of hydrogen-bond donors (Lipinski definition) is 0. The second-order valence-corrected chi connectivity index (χ2v) is 8.30. The van der Waals surface area contributed by atoms with Crippen molar-refractivity contribution in [1.29, 1.82) is 0 Å². The van der Waals surface area contributed by atoms with E-state index >= 15 is 0 Å². The molecule has 0 saturated carbocycles. The number of carbonyl (C=O) groups is 2. The number of nitrogens with zero attached hydrogens (tertiary/aromatic N) is 2. The van der Waals surface area contributed by atoms with Gasteiger partial charge in [0.1, 0.15) is 11.5 Å². The lowest BCUT2D eigenvalue weighted by Crippen LogP contribution is -2.27. The fraction of sp³-hybridized carbons (Fsp3) is 0.0909. The molecule has 0 N–H and O–H groups in total. The summed E-state index contributed by atoms with van der Waals surface area (Å²) in [5, 5.41) is 11.6. The zero-order valence-corrected chi connectivity index (χ0v) is 17.8. The highest BCUT2D eigenvalue weighted by Crippen LogP contribution is 2.36. The maximum Gasteiger partial charge on any atom is 0.293 e. The summed E-state index contributed by atoms with van der Waals surface area (Å²) in [5.41, 5.74) is 1.81. The maximum absolute atomic E-state index is 12.7. The molecule has 7 nitrogen and oxygen atoms in total. The third-order valence-electron chi connectivity index (χ3n) is 4.64. The smallest absolute Gasteiger partial charge is 0.293 e. The van der Waals surface area contributed by atoms with Gasteiger partial charge in [0.05, 0.1) is 21.9 Å². The van der Waals surface area contributed by atoms with Gasteiger partial charge in [-0.3, -0.25) is 24.6 Å². The first-order valence-corrected chi connectivity index (χ1v) is 10.4. The van der Waals surface area contributed by atoms with Crippen molar-refractivity contribution in [2.75, 3.05) is 0 Å². The first-order valence-electron chi connectivity index (χ1n) is 9.17. The van der Waals surface area contributed by atoms with Crippen LogP contribution in [0.15, 0.2) is 63.9 Å². The van der Waals surface area contributed by atoms with Gasteiger partial charge in [0.25, 0.3) is 16.8 Å². The number of halogens is 1. The van der Waals surface area contributed by atoms with Crippen LogP contribution in [0.5, 0.6) is 0 Å².